The second-order valence-electron chi connectivity index (χ2n) is 6.88. The number of hydrogen-bond acceptors (Lipinski definition) is 6. The third kappa shape index (κ3) is 5.32. The number of benzene rings is 1. The molecule has 0 aliphatic heterocycles. The van der Waals surface area contributed by atoms with E-state index in [1.807, 2.05) is 20.8 Å². The normalized spacial score (nSPS) is 13.3. The van der Waals surface area contributed by atoms with Gasteiger partial charge >= 0.3 is 11.6 Å². The highest BCUT2D eigenvalue weighted by Gasteiger charge is 2.25. The zero-order valence-corrected chi connectivity index (χ0v) is 16.2. The number of methoxy groups -OCH3 is 1. The zero-order chi connectivity index (χ0) is 20.1. The summed E-state index contributed by atoms with van der Waals surface area (Å²) in [7, 11) is 1.28. The summed E-state index contributed by atoms with van der Waals surface area (Å²) < 4.78 is 15.6. The van der Waals surface area contributed by atoms with Crippen molar-refractivity contribution in [3.8, 4) is 5.75 Å². The molecule has 0 spiro atoms. The Bertz CT molecular complexity index is 886. The Balaban J connectivity index is 2.12. The van der Waals surface area contributed by atoms with E-state index in [0.717, 1.165) is 10.9 Å². The number of ether oxygens (including phenoxy) is 2. The predicted molar refractivity (Wildman–Crippen MR) is 101 cm³/mol. The summed E-state index contributed by atoms with van der Waals surface area (Å²) in [6, 6.07) is 5.72. The molecule has 2 atom stereocenters. The van der Waals surface area contributed by atoms with Crippen LogP contribution in [0.5, 0.6) is 5.75 Å². The molecule has 27 heavy (non-hydrogen) atoms. The molecule has 1 N–H and O–H groups in total. The van der Waals surface area contributed by atoms with Gasteiger partial charge in [0.1, 0.15) is 17.4 Å². The molecule has 0 aliphatic carbocycles. The molecular weight excluding hydrogens is 350 g/mol. The molecule has 146 valence electrons. The highest BCUT2D eigenvalue weighted by atomic mass is 16.5. The number of amides is 1. The number of fused-ring (bicyclic) bond motifs is 1. The van der Waals surface area contributed by atoms with E-state index in [1.54, 1.807) is 25.1 Å². The van der Waals surface area contributed by atoms with Gasteiger partial charge in [0.05, 0.1) is 7.11 Å². The summed E-state index contributed by atoms with van der Waals surface area (Å²) >= 11 is 0. The Morgan fingerprint density at radius 2 is 1.89 bits per heavy atom. The molecule has 0 fully saturated rings. The maximum absolute atomic E-state index is 12.4. The van der Waals surface area contributed by atoms with E-state index in [9.17, 15) is 14.4 Å². The highest BCUT2D eigenvalue weighted by Crippen LogP contribution is 2.23. The minimum Gasteiger partial charge on any atom is -0.481 e. The molecule has 0 saturated heterocycles. The average Bonchev–Trinajstić information content (AvgIpc) is 2.59. The summed E-state index contributed by atoms with van der Waals surface area (Å²) in [5.41, 5.74) is 0.739. The van der Waals surface area contributed by atoms with Crippen molar-refractivity contribution in [1.82, 2.24) is 5.32 Å². The minimum atomic E-state index is -0.849. The SMILES string of the molecule is COC(=O)[C@@H](CC(C)C)NC(=O)C(C)Oc1ccc2c(C)cc(=O)oc2c1. The van der Waals surface area contributed by atoms with Gasteiger partial charge in [-0.3, -0.25) is 4.79 Å². The van der Waals surface area contributed by atoms with Crippen molar-refractivity contribution < 1.29 is 23.5 Å². The van der Waals surface area contributed by atoms with Crippen LogP contribution in [0.2, 0.25) is 0 Å². The molecule has 2 aromatic rings. The number of hydrogen-bond donors (Lipinski definition) is 1. The molecule has 0 aliphatic rings. The van der Waals surface area contributed by atoms with Gasteiger partial charge < -0.3 is 19.2 Å². The van der Waals surface area contributed by atoms with Crippen molar-refractivity contribution in [3.63, 3.8) is 0 Å². The van der Waals surface area contributed by atoms with Crippen molar-refractivity contribution in [2.45, 2.75) is 46.3 Å². The molecule has 0 saturated carbocycles. The van der Waals surface area contributed by atoms with E-state index in [0.29, 0.717) is 17.8 Å². The monoisotopic (exact) mass is 375 g/mol. The predicted octanol–water partition coefficient (Wildman–Crippen LogP) is 2.57. The van der Waals surface area contributed by atoms with Gasteiger partial charge in [-0.1, -0.05) is 13.8 Å². The fourth-order valence-corrected chi connectivity index (χ4v) is 2.75. The lowest BCUT2D eigenvalue weighted by Crippen LogP contribution is -2.47. The molecule has 1 aromatic heterocycles. The van der Waals surface area contributed by atoms with Crippen molar-refractivity contribution in [1.29, 1.82) is 0 Å². The van der Waals surface area contributed by atoms with Gasteiger partial charge in [-0.2, -0.15) is 0 Å². The number of carbonyl (C=O) groups excluding carboxylic acids is 2. The van der Waals surface area contributed by atoms with Crippen LogP contribution in [0.3, 0.4) is 0 Å². The van der Waals surface area contributed by atoms with E-state index >= 15 is 0 Å². The number of rotatable bonds is 7. The van der Waals surface area contributed by atoms with Gasteiger partial charge in [-0.25, -0.2) is 9.59 Å². The second kappa shape index (κ2) is 8.70. The standard InChI is InChI=1S/C20H25NO6/c1-11(2)8-16(20(24)25-5)21-19(23)13(4)26-14-6-7-15-12(3)9-18(22)27-17(15)10-14/h6-7,9-11,13,16H,8H2,1-5H3,(H,21,23)/t13?,16-/m1/s1. The molecule has 1 unspecified atom stereocenters. The molecule has 7 nitrogen and oxygen atoms in total. The topological polar surface area (TPSA) is 94.8 Å². The van der Waals surface area contributed by atoms with Gasteiger partial charge in [0.25, 0.3) is 5.91 Å². The molecule has 1 aromatic carbocycles. The van der Waals surface area contributed by atoms with Crippen LogP contribution in [0.4, 0.5) is 0 Å². The Morgan fingerprint density at radius 3 is 2.52 bits per heavy atom. The van der Waals surface area contributed by atoms with Crippen LogP contribution < -0.4 is 15.7 Å². The molecule has 2 rings (SSSR count). The van der Waals surface area contributed by atoms with Gasteiger partial charge in [0, 0.05) is 17.5 Å². The first-order chi connectivity index (χ1) is 12.7. The van der Waals surface area contributed by atoms with Gasteiger partial charge in [0.15, 0.2) is 6.10 Å². The Kier molecular flexibility index (Phi) is 6.60. The largest absolute Gasteiger partial charge is 0.481 e. The maximum atomic E-state index is 12.4. The third-order valence-corrected chi connectivity index (χ3v) is 4.11. The average molecular weight is 375 g/mol. The maximum Gasteiger partial charge on any atom is 0.336 e. The lowest BCUT2D eigenvalue weighted by molar-refractivity contribution is -0.146. The van der Waals surface area contributed by atoms with Crippen molar-refractivity contribution in [2.24, 2.45) is 5.92 Å². The van der Waals surface area contributed by atoms with Crippen LogP contribution in [0.1, 0.15) is 32.8 Å². The molecule has 1 amide bonds. The lowest BCUT2D eigenvalue weighted by Gasteiger charge is -2.21. The first kappa shape index (κ1) is 20.5. The fraction of sp³-hybridized carbons (Fsp3) is 0.450. The van der Waals surface area contributed by atoms with E-state index in [4.69, 9.17) is 13.9 Å². The summed E-state index contributed by atoms with van der Waals surface area (Å²) in [5.74, 6) is -0.335. The molecule has 1 heterocycles. The number of carbonyl (C=O) groups is 2. The van der Waals surface area contributed by atoms with Crippen molar-refractivity contribution in [2.75, 3.05) is 7.11 Å². The van der Waals surface area contributed by atoms with Crippen molar-refractivity contribution >= 4 is 22.8 Å². The smallest absolute Gasteiger partial charge is 0.336 e. The van der Waals surface area contributed by atoms with Gasteiger partial charge in [0.2, 0.25) is 0 Å². The van der Waals surface area contributed by atoms with Crippen LogP contribution in [-0.4, -0.2) is 31.1 Å². The Hall–Kier alpha value is -2.83. The van der Waals surface area contributed by atoms with E-state index in [-0.39, 0.29) is 5.92 Å². The van der Waals surface area contributed by atoms with Crippen LogP contribution in [0.15, 0.2) is 33.5 Å². The summed E-state index contributed by atoms with van der Waals surface area (Å²) in [6.07, 6.45) is -0.385. The van der Waals surface area contributed by atoms with E-state index in [1.165, 1.54) is 13.2 Å². The molecular formula is C20H25NO6. The molecule has 0 radical (unpaired) electrons. The number of aryl methyl sites for hydroxylation is 1. The summed E-state index contributed by atoms with van der Waals surface area (Å²) in [4.78, 5) is 35.8. The first-order valence-electron chi connectivity index (χ1n) is 8.80. The zero-order valence-electron chi connectivity index (χ0n) is 16.2. The van der Waals surface area contributed by atoms with E-state index in [2.05, 4.69) is 5.32 Å². The van der Waals surface area contributed by atoms with E-state index < -0.39 is 29.6 Å². The minimum absolute atomic E-state index is 0.206. The van der Waals surface area contributed by atoms with Crippen molar-refractivity contribution in [3.05, 3.63) is 40.2 Å². The second-order valence-corrected chi connectivity index (χ2v) is 6.88. The third-order valence-electron chi connectivity index (χ3n) is 4.11. The highest BCUT2D eigenvalue weighted by molar-refractivity contribution is 5.87. The number of esters is 1. The van der Waals surface area contributed by atoms with Gasteiger partial charge in [-0.15, -0.1) is 0 Å². The van der Waals surface area contributed by atoms with Crippen LogP contribution in [0.25, 0.3) is 11.0 Å². The summed E-state index contributed by atoms with van der Waals surface area (Å²) in [5, 5.41) is 3.46. The lowest BCUT2D eigenvalue weighted by atomic mass is 10.0. The Labute approximate surface area is 157 Å². The fourth-order valence-electron chi connectivity index (χ4n) is 2.75. The quantitative estimate of drug-likeness (QED) is 0.590. The summed E-state index contributed by atoms with van der Waals surface area (Å²) in [6.45, 7) is 7.30. The molecule has 7 heteroatoms. The van der Waals surface area contributed by atoms with Gasteiger partial charge in [-0.05, 0) is 43.9 Å². The molecule has 0 bridgehead atoms. The Morgan fingerprint density at radius 1 is 1.19 bits per heavy atom. The first-order valence-corrected chi connectivity index (χ1v) is 8.80. The number of nitrogens with one attached hydrogen (secondary N) is 1. The van der Waals surface area contributed by atoms with Crippen LogP contribution in [-0.2, 0) is 14.3 Å². The van der Waals surface area contributed by atoms with Crippen LogP contribution >= 0.6 is 0 Å². The van der Waals surface area contributed by atoms with Crippen LogP contribution in [0, 0.1) is 12.8 Å².